The molecule has 1 aromatic carbocycles. The van der Waals surface area contributed by atoms with Crippen molar-refractivity contribution in [3.05, 3.63) is 30.1 Å². The summed E-state index contributed by atoms with van der Waals surface area (Å²) in [5, 5.41) is 2.63. The lowest BCUT2D eigenvalue weighted by atomic mass is 10.1. The first-order chi connectivity index (χ1) is 11.9. The van der Waals surface area contributed by atoms with Gasteiger partial charge in [-0.3, -0.25) is 14.5 Å². The molecule has 7 heteroatoms. The predicted octanol–water partition coefficient (Wildman–Crippen LogP) is 1.26. The number of hydrogen-bond donors (Lipinski definition) is 1. The van der Waals surface area contributed by atoms with Crippen molar-refractivity contribution in [2.24, 2.45) is 0 Å². The number of para-hydroxylation sites is 1. The third-order valence-electron chi connectivity index (χ3n) is 4.42. The van der Waals surface area contributed by atoms with E-state index in [0.717, 1.165) is 6.54 Å². The van der Waals surface area contributed by atoms with E-state index in [9.17, 15) is 14.0 Å². The topological polar surface area (TPSA) is 61.9 Å². The van der Waals surface area contributed by atoms with Crippen LogP contribution in [0.4, 0.5) is 4.39 Å². The number of halogens is 1. The Bertz CT molecular complexity index is 609. The van der Waals surface area contributed by atoms with Crippen molar-refractivity contribution in [3.8, 4) is 5.75 Å². The molecule has 1 aliphatic heterocycles. The molecule has 1 aromatic rings. The van der Waals surface area contributed by atoms with Crippen LogP contribution in [0.2, 0.25) is 0 Å². The van der Waals surface area contributed by atoms with Gasteiger partial charge >= 0.3 is 0 Å². The number of carbonyl (C=O) groups excluding carboxylic acids is 2. The van der Waals surface area contributed by atoms with Gasteiger partial charge in [-0.1, -0.05) is 12.1 Å². The van der Waals surface area contributed by atoms with Crippen LogP contribution >= 0.6 is 0 Å². The van der Waals surface area contributed by atoms with Gasteiger partial charge in [0, 0.05) is 32.7 Å². The van der Waals surface area contributed by atoms with Crippen molar-refractivity contribution in [2.45, 2.75) is 32.4 Å². The normalized spacial score (nSPS) is 18.3. The molecule has 1 N–H and O–H groups in total. The van der Waals surface area contributed by atoms with Crippen molar-refractivity contribution in [1.29, 1.82) is 0 Å². The second-order valence-electron chi connectivity index (χ2n) is 6.33. The largest absolute Gasteiger partial charge is 0.490 e. The Labute approximate surface area is 147 Å². The molecule has 0 aliphatic carbocycles. The number of likely N-dealkylation sites (N-methyl/N-ethyl adjacent to an activating group) is 1. The minimum Gasteiger partial charge on any atom is -0.490 e. The molecule has 1 fully saturated rings. The van der Waals surface area contributed by atoms with Gasteiger partial charge in [-0.15, -0.1) is 0 Å². The van der Waals surface area contributed by atoms with Gasteiger partial charge in [0.05, 0.1) is 13.0 Å². The molecule has 1 saturated heterocycles. The standard InChI is InChI=1S/C18H26FN3O3/c1-13(2)21-9-10-22(15(12-21)18(24)20-3)17(23)8-11-25-16-7-5-4-6-14(16)19/h4-7,13,15H,8-12H2,1-3H3,(H,20,24). The van der Waals surface area contributed by atoms with Crippen LogP contribution in [0, 0.1) is 5.82 Å². The third kappa shape index (κ3) is 4.92. The second kappa shape index (κ2) is 8.80. The molecule has 138 valence electrons. The maximum atomic E-state index is 13.5. The molecule has 2 amide bonds. The molecule has 1 unspecified atom stereocenters. The Hall–Kier alpha value is -2.15. The summed E-state index contributed by atoms with van der Waals surface area (Å²) in [6, 6.07) is 5.89. The second-order valence-corrected chi connectivity index (χ2v) is 6.33. The van der Waals surface area contributed by atoms with Gasteiger partial charge in [-0.05, 0) is 26.0 Å². The van der Waals surface area contributed by atoms with Crippen LogP contribution in [0.1, 0.15) is 20.3 Å². The fourth-order valence-corrected chi connectivity index (χ4v) is 2.92. The summed E-state index contributed by atoms with van der Waals surface area (Å²) in [5.74, 6) is -0.659. The molecule has 0 spiro atoms. The highest BCUT2D eigenvalue weighted by Crippen LogP contribution is 2.17. The number of nitrogens with zero attached hydrogens (tertiary/aromatic N) is 2. The quantitative estimate of drug-likeness (QED) is 0.838. The average Bonchev–Trinajstić information content (AvgIpc) is 2.61. The molecule has 2 rings (SSSR count). The van der Waals surface area contributed by atoms with E-state index in [4.69, 9.17) is 4.74 Å². The highest BCUT2D eigenvalue weighted by atomic mass is 19.1. The summed E-state index contributed by atoms with van der Waals surface area (Å²) in [6.45, 7) is 5.95. The van der Waals surface area contributed by atoms with E-state index in [0.29, 0.717) is 19.1 Å². The SMILES string of the molecule is CNC(=O)C1CN(C(C)C)CCN1C(=O)CCOc1ccccc1F. The molecule has 0 saturated carbocycles. The molecule has 0 radical (unpaired) electrons. The number of nitrogens with one attached hydrogen (secondary N) is 1. The number of ether oxygens (including phenoxy) is 1. The molecule has 25 heavy (non-hydrogen) atoms. The van der Waals surface area contributed by atoms with E-state index in [-0.39, 0.29) is 30.6 Å². The average molecular weight is 351 g/mol. The summed E-state index contributed by atoms with van der Waals surface area (Å²) in [7, 11) is 1.57. The van der Waals surface area contributed by atoms with Gasteiger partial charge in [0.15, 0.2) is 11.6 Å². The molecule has 1 heterocycles. The zero-order valence-corrected chi connectivity index (χ0v) is 15.0. The Morgan fingerprint density at radius 1 is 1.32 bits per heavy atom. The Balaban J connectivity index is 1.94. The number of benzene rings is 1. The molecule has 0 aromatic heterocycles. The van der Waals surface area contributed by atoms with Crippen LogP contribution in [-0.4, -0.2) is 67.0 Å². The smallest absolute Gasteiger partial charge is 0.243 e. The van der Waals surface area contributed by atoms with Crippen molar-refractivity contribution >= 4 is 11.8 Å². The van der Waals surface area contributed by atoms with E-state index in [1.54, 1.807) is 24.1 Å². The van der Waals surface area contributed by atoms with E-state index in [1.165, 1.54) is 12.1 Å². The van der Waals surface area contributed by atoms with Crippen LogP contribution in [0.15, 0.2) is 24.3 Å². The first kappa shape index (κ1) is 19.2. The van der Waals surface area contributed by atoms with Crippen LogP contribution in [0.25, 0.3) is 0 Å². The summed E-state index contributed by atoms with van der Waals surface area (Å²) < 4.78 is 18.9. The minimum absolute atomic E-state index is 0.0740. The zero-order valence-electron chi connectivity index (χ0n) is 15.0. The summed E-state index contributed by atoms with van der Waals surface area (Å²) in [5.41, 5.74) is 0. The van der Waals surface area contributed by atoms with Gasteiger partial charge in [0.1, 0.15) is 6.04 Å². The maximum absolute atomic E-state index is 13.5. The lowest BCUT2D eigenvalue weighted by molar-refractivity contribution is -0.144. The van der Waals surface area contributed by atoms with Gasteiger partial charge < -0.3 is 15.0 Å². The summed E-state index contributed by atoms with van der Waals surface area (Å²) in [4.78, 5) is 28.5. The monoisotopic (exact) mass is 351 g/mol. The van der Waals surface area contributed by atoms with E-state index in [1.807, 2.05) is 0 Å². The van der Waals surface area contributed by atoms with Gasteiger partial charge in [-0.2, -0.15) is 0 Å². The van der Waals surface area contributed by atoms with Crippen molar-refractivity contribution in [3.63, 3.8) is 0 Å². The van der Waals surface area contributed by atoms with Crippen LogP contribution < -0.4 is 10.1 Å². The summed E-state index contributed by atoms with van der Waals surface area (Å²) in [6.07, 6.45) is 0.101. The fourth-order valence-electron chi connectivity index (χ4n) is 2.92. The predicted molar refractivity (Wildman–Crippen MR) is 92.8 cm³/mol. The van der Waals surface area contributed by atoms with Crippen LogP contribution in [0.3, 0.4) is 0 Å². The Morgan fingerprint density at radius 2 is 2.04 bits per heavy atom. The molecule has 6 nitrogen and oxygen atoms in total. The number of amides is 2. The Morgan fingerprint density at radius 3 is 2.68 bits per heavy atom. The van der Waals surface area contributed by atoms with Crippen LogP contribution in [-0.2, 0) is 9.59 Å². The molecule has 1 aliphatic rings. The highest BCUT2D eigenvalue weighted by Gasteiger charge is 2.35. The maximum Gasteiger partial charge on any atom is 0.243 e. The van der Waals surface area contributed by atoms with Gasteiger partial charge in [-0.25, -0.2) is 4.39 Å². The molecule has 0 bridgehead atoms. The van der Waals surface area contributed by atoms with Gasteiger partial charge in [0.25, 0.3) is 0 Å². The first-order valence-corrected chi connectivity index (χ1v) is 8.56. The Kier molecular flexibility index (Phi) is 6.75. The van der Waals surface area contributed by atoms with E-state index in [2.05, 4.69) is 24.1 Å². The van der Waals surface area contributed by atoms with Gasteiger partial charge in [0.2, 0.25) is 11.8 Å². The van der Waals surface area contributed by atoms with Crippen molar-refractivity contribution in [1.82, 2.24) is 15.1 Å². The molecular formula is C18H26FN3O3. The highest BCUT2D eigenvalue weighted by molar-refractivity contribution is 5.88. The van der Waals surface area contributed by atoms with Crippen LogP contribution in [0.5, 0.6) is 5.75 Å². The minimum atomic E-state index is -0.512. The number of rotatable bonds is 6. The van der Waals surface area contributed by atoms with Crippen molar-refractivity contribution < 1.29 is 18.7 Å². The van der Waals surface area contributed by atoms with E-state index >= 15 is 0 Å². The number of hydrogen-bond acceptors (Lipinski definition) is 4. The third-order valence-corrected chi connectivity index (χ3v) is 4.42. The number of piperazine rings is 1. The van der Waals surface area contributed by atoms with Crippen molar-refractivity contribution in [2.75, 3.05) is 33.3 Å². The number of carbonyl (C=O) groups is 2. The lowest BCUT2D eigenvalue weighted by Gasteiger charge is -2.42. The first-order valence-electron chi connectivity index (χ1n) is 8.56. The zero-order chi connectivity index (χ0) is 18.4. The molecule has 1 atom stereocenters. The summed E-state index contributed by atoms with van der Waals surface area (Å²) >= 11 is 0. The fraction of sp³-hybridized carbons (Fsp3) is 0.556. The van der Waals surface area contributed by atoms with E-state index < -0.39 is 11.9 Å². The molecular weight excluding hydrogens is 325 g/mol. The lowest BCUT2D eigenvalue weighted by Crippen LogP contribution is -2.61.